The van der Waals surface area contributed by atoms with E-state index >= 15 is 0 Å². The van der Waals surface area contributed by atoms with Crippen LogP contribution in [0.25, 0.3) is 0 Å². The average molecular weight is 414 g/mol. The number of nitrogens with zero attached hydrogens (tertiary/aromatic N) is 2. The summed E-state index contributed by atoms with van der Waals surface area (Å²) in [5, 5.41) is 3.50. The number of rotatable bonds is 5. The lowest BCUT2D eigenvalue weighted by molar-refractivity contribution is 0.0758. The summed E-state index contributed by atoms with van der Waals surface area (Å²) in [7, 11) is 0. The highest BCUT2D eigenvalue weighted by Crippen LogP contribution is 2.28. The Bertz CT molecular complexity index is 766. The molecule has 0 aromatic heterocycles. The first kappa shape index (κ1) is 21.7. The molecule has 2 aromatic carbocycles. The van der Waals surface area contributed by atoms with E-state index in [4.69, 9.17) is 0 Å². The summed E-state index contributed by atoms with van der Waals surface area (Å²) < 4.78 is 0. The molecule has 0 unspecified atom stereocenters. The summed E-state index contributed by atoms with van der Waals surface area (Å²) in [5.41, 5.74) is 3.28. The Morgan fingerprint density at radius 1 is 1.00 bits per heavy atom. The second-order valence-corrected chi connectivity index (χ2v) is 8.09. The van der Waals surface area contributed by atoms with Crippen LogP contribution < -0.4 is 10.2 Å². The lowest BCUT2D eigenvalue weighted by Gasteiger charge is -2.24. The van der Waals surface area contributed by atoms with Gasteiger partial charge in [0.1, 0.15) is 0 Å². The number of hydrogen-bond acceptors (Lipinski definition) is 3. The maximum Gasteiger partial charge on any atom is 0.253 e. The summed E-state index contributed by atoms with van der Waals surface area (Å²) in [6, 6.07) is 18.7. The van der Waals surface area contributed by atoms with Crippen molar-refractivity contribution in [2.45, 2.75) is 26.3 Å². The number of hydrogen-bond donors (Lipinski definition) is 1. The molecule has 5 heteroatoms. The van der Waals surface area contributed by atoms with Crippen LogP contribution in [0.3, 0.4) is 0 Å². The molecule has 4 nitrogen and oxygen atoms in total. The number of carbonyl (C=O) groups excluding carboxylic acids is 1. The zero-order valence-corrected chi connectivity index (χ0v) is 18.0. The van der Waals surface area contributed by atoms with Gasteiger partial charge < -0.3 is 15.1 Å². The third-order valence-electron chi connectivity index (χ3n) is 6.38. The van der Waals surface area contributed by atoms with Crippen molar-refractivity contribution in [2.24, 2.45) is 11.8 Å². The van der Waals surface area contributed by atoms with E-state index in [1.807, 2.05) is 18.2 Å². The highest BCUT2D eigenvalue weighted by atomic mass is 35.5. The van der Waals surface area contributed by atoms with Crippen LogP contribution in [-0.4, -0.2) is 43.5 Å². The number of anilines is 1. The van der Waals surface area contributed by atoms with Gasteiger partial charge in [-0.15, -0.1) is 12.4 Å². The highest BCUT2D eigenvalue weighted by molar-refractivity contribution is 5.94. The lowest BCUT2D eigenvalue weighted by Crippen LogP contribution is -2.32. The molecule has 0 saturated carbocycles. The van der Waals surface area contributed by atoms with Crippen molar-refractivity contribution in [1.29, 1.82) is 0 Å². The van der Waals surface area contributed by atoms with Crippen LogP contribution in [0.1, 0.15) is 35.7 Å². The smallest absolute Gasteiger partial charge is 0.253 e. The molecule has 1 N–H and O–H groups in total. The second-order valence-electron chi connectivity index (χ2n) is 8.09. The third-order valence-corrected chi connectivity index (χ3v) is 6.38. The Morgan fingerprint density at radius 3 is 2.21 bits per heavy atom. The van der Waals surface area contributed by atoms with Crippen LogP contribution in [0.15, 0.2) is 54.6 Å². The first-order chi connectivity index (χ1) is 13.7. The Kier molecular flexibility index (Phi) is 7.57. The topological polar surface area (TPSA) is 35.6 Å². The van der Waals surface area contributed by atoms with Gasteiger partial charge >= 0.3 is 0 Å². The molecule has 2 aliphatic rings. The van der Waals surface area contributed by atoms with Crippen molar-refractivity contribution >= 4 is 24.0 Å². The molecule has 2 heterocycles. The predicted octanol–water partition coefficient (Wildman–Crippen LogP) is 4.21. The van der Waals surface area contributed by atoms with Crippen LogP contribution in [0, 0.1) is 11.8 Å². The molecule has 0 spiro atoms. The highest BCUT2D eigenvalue weighted by Gasteiger charge is 2.31. The van der Waals surface area contributed by atoms with Gasteiger partial charge in [0.2, 0.25) is 0 Å². The average Bonchev–Trinajstić information content (AvgIpc) is 3.10. The number of likely N-dealkylation sites (tertiary alicyclic amines) is 1. The minimum atomic E-state index is 0. The van der Waals surface area contributed by atoms with E-state index in [2.05, 4.69) is 58.4 Å². The van der Waals surface area contributed by atoms with Gasteiger partial charge in [-0.05, 0) is 74.5 Å². The van der Waals surface area contributed by atoms with Crippen molar-refractivity contribution in [3.63, 3.8) is 0 Å². The van der Waals surface area contributed by atoms with Gasteiger partial charge in [0, 0.05) is 37.4 Å². The molecular formula is C24H32ClN3O. The van der Waals surface area contributed by atoms with Gasteiger partial charge in [-0.3, -0.25) is 4.79 Å². The number of fused-ring (bicyclic) bond motifs is 1. The molecule has 29 heavy (non-hydrogen) atoms. The maximum absolute atomic E-state index is 13.0. The van der Waals surface area contributed by atoms with Crippen LogP contribution in [0.4, 0.5) is 5.69 Å². The minimum absolute atomic E-state index is 0. The van der Waals surface area contributed by atoms with E-state index in [-0.39, 0.29) is 18.3 Å². The van der Waals surface area contributed by atoms with Gasteiger partial charge in [-0.25, -0.2) is 0 Å². The molecular weight excluding hydrogens is 382 g/mol. The first-order valence-corrected chi connectivity index (χ1v) is 10.6. The molecule has 2 atom stereocenters. The maximum atomic E-state index is 13.0. The zero-order chi connectivity index (χ0) is 19.3. The zero-order valence-electron chi connectivity index (χ0n) is 17.2. The molecule has 2 aromatic rings. The first-order valence-electron chi connectivity index (χ1n) is 10.6. The van der Waals surface area contributed by atoms with Crippen molar-refractivity contribution in [1.82, 2.24) is 10.2 Å². The van der Waals surface area contributed by atoms with Gasteiger partial charge in [-0.1, -0.05) is 30.3 Å². The van der Waals surface area contributed by atoms with E-state index in [9.17, 15) is 4.79 Å². The minimum Gasteiger partial charge on any atom is -0.367 e. The van der Waals surface area contributed by atoms with Crippen LogP contribution in [-0.2, 0) is 6.54 Å². The predicted molar refractivity (Wildman–Crippen MR) is 122 cm³/mol. The number of halogens is 1. The van der Waals surface area contributed by atoms with Crippen molar-refractivity contribution in [3.05, 3.63) is 65.7 Å². The quantitative estimate of drug-likeness (QED) is 0.797. The van der Waals surface area contributed by atoms with Crippen molar-refractivity contribution in [2.75, 3.05) is 37.6 Å². The molecule has 2 saturated heterocycles. The largest absolute Gasteiger partial charge is 0.367 e. The third kappa shape index (κ3) is 5.12. The van der Waals surface area contributed by atoms with E-state index in [1.54, 1.807) is 0 Å². The SMILES string of the molecule is CCN(Cc1ccccc1)c1ccc(C(=O)N2CC[C@@H]3CNC[C@@H]3CC2)cc1.Cl. The monoisotopic (exact) mass is 413 g/mol. The van der Waals surface area contributed by atoms with Crippen molar-refractivity contribution < 1.29 is 4.79 Å². The second kappa shape index (κ2) is 10.1. The Balaban J connectivity index is 0.00000240. The fourth-order valence-electron chi connectivity index (χ4n) is 4.61. The molecule has 156 valence electrons. The van der Waals surface area contributed by atoms with Gasteiger partial charge in [0.05, 0.1) is 0 Å². The van der Waals surface area contributed by atoms with E-state index in [1.165, 1.54) is 11.3 Å². The standard InChI is InChI=1S/C24H31N3O.ClH/c1-2-26(18-19-6-4-3-5-7-19)23-10-8-20(9-11-23)24(28)27-14-12-21-16-25-17-22(21)13-15-27;/h3-11,21-22,25H,2,12-18H2,1H3;1H/t21-,22+;. The van der Waals surface area contributed by atoms with Gasteiger partial charge in [-0.2, -0.15) is 0 Å². The van der Waals surface area contributed by atoms with Crippen LogP contribution in [0.5, 0.6) is 0 Å². The van der Waals surface area contributed by atoms with Gasteiger partial charge in [0.25, 0.3) is 5.91 Å². The fraction of sp³-hybridized carbons (Fsp3) is 0.458. The number of amides is 1. The lowest BCUT2D eigenvalue weighted by atomic mass is 9.92. The van der Waals surface area contributed by atoms with E-state index < -0.39 is 0 Å². The Labute approximate surface area is 180 Å². The summed E-state index contributed by atoms with van der Waals surface area (Å²) in [6.07, 6.45) is 2.25. The van der Waals surface area contributed by atoms with E-state index in [0.717, 1.165) is 69.5 Å². The number of benzene rings is 2. The summed E-state index contributed by atoms with van der Waals surface area (Å²) in [6.45, 7) is 8.01. The van der Waals surface area contributed by atoms with Crippen LogP contribution >= 0.6 is 12.4 Å². The molecule has 2 fully saturated rings. The van der Waals surface area contributed by atoms with Crippen molar-refractivity contribution in [3.8, 4) is 0 Å². The normalized spacial score (nSPS) is 21.1. The summed E-state index contributed by atoms with van der Waals surface area (Å²) in [4.78, 5) is 17.4. The van der Waals surface area contributed by atoms with Gasteiger partial charge in [0.15, 0.2) is 0 Å². The molecule has 0 radical (unpaired) electrons. The summed E-state index contributed by atoms with van der Waals surface area (Å²) in [5.74, 6) is 1.68. The molecule has 4 rings (SSSR count). The molecule has 0 aliphatic carbocycles. The molecule has 1 amide bonds. The summed E-state index contributed by atoms with van der Waals surface area (Å²) >= 11 is 0. The molecule has 2 aliphatic heterocycles. The number of carbonyl (C=O) groups is 1. The molecule has 0 bridgehead atoms. The fourth-order valence-corrected chi connectivity index (χ4v) is 4.61. The van der Waals surface area contributed by atoms with Crippen LogP contribution in [0.2, 0.25) is 0 Å². The van der Waals surface area contributed by atoms with E-state index in [0.29, 0.717) is 0 Å². The Morgan fingerprint density at radius 2 is 1.62 bits per heavy atom. The Hall–Kier alpha value is -2.04. The number of nitrogens with one attached hydrogen (secondary N) is 1.